The summed E-state index contributed by atoms with van der Waals surface area (Å²) in [4.78, 5) is 16.3. The topological polar surface area (TPSA) is 93.6 Å². The zero-order valence-corrected chi connectivity index (χ0v) is 18.4. The van der Waals surface area contributed by atoms with Crippen molar-refractivity contribution in [2.45, 2.75) is 96.8 Å². The minimum atomic E-state index is -0.334. The maximum atomic E-state index is 12.1. The smallest absolute Gasteiger partial charge is 0.339 e. The molecule has 0 atom stereocenters. The number of tetrazole rings is 1. The maximum Gasteiger partial charge on any atom is 0.339 e. The Kier molecular flexibility index (Phi) is 12.4. The first-order chi connectivity index (χ1) is 14.8. The van der Waals surface area contributed by atoms with Gasteiger partial charge in [-0.2, -0.15) is 0 Å². The number of carbonyl (C=O) groups is 1. The van der Waals surface area contributed by atoms with E-state index in [9.17, 15) is 4.79 Å². The van der Waals surface area contributed by atoms with Gasteiger partial charge in [0.2, 0.25) is 0 Å². The van der Waals surface area contributed by atoms with Gasteiger partial charge in [0.1, 0.15) is 5.69 Å². The number of H-pyrrole nitrogens is 1. The molecule has 30 heavy (non-hydrogen) atoms. The molecule has 0 radical (unpaired) electrons. The van der Waals surface area contributed by atoms with Crippen LogP contribution in [0, 0.1) is 0 Å². The molecule has 0 saturated heterocycles. The van der Waals surface area contributed by atoms with Gasteiger partial charge in [-0.3, -0.25) is 4.98 Å². The Morgan fingerprint density at radius 2 is 1.47 bits per heavy atom. The summed E-state index contributed by atoms with van der Waals surface area (Å²) in [7, 11) is 0. The van der Waals surface area contributed by atoms with Crippen molar-refractivity contribution in [1.29, 1.82) is 0 Å². The predicted molar refractivity (Wildman–Crippen MR) is 118 cm³/mol. The minimum absolute atomic E-state index is 0.334. The third-order valence-electron chi connectivity index (χ3n) is 5.32. The van der Waals surface area contributed by atoms with Crippen LogP contribution in [-0.4, -0.2) is 38.2 Å². The standard InChI is InChI=1S/C23H37N5O2/c1-2-3-4-5-6-7-8-9-10-11-12-13-14-15-18-30-23(29)20-16-17-21(24-19-20)22-25-27-28-26-22/h16-17,19H,2-15,18H2,1H3,(H,25,26,27,28). The van der Waals surface area contributed by atoms with Crippen LogP contribution >= 0.6 is 0 Å². The fraction of sp³-hybridized carbons (Fsp3) is 0.696. The Morgan fingerprint density at radius 1 is 0.867 bits per heavy atom. The number of pyridine rings is 1. The van der Waals surface area contributed by atoms with Crippen molar-refractivity contribution in [3.8, 4) is 11.5 Å². The van der Waals surface area contributed by atoms with Crippen LogP contribution in [0.15, 0.2) is 18.3 Å². The zero-order valence-electron chi connectivity index (χ0n) is 18.4. The Bertz CT molecular complexity index is 673. The lowest BCUT2D eigenvalue weighted by atomic mass is 10.0. The Hall–Kier alpha value is -2.31. The highest BCUT2D eigenvalue weighted by Crippen LogP contribution is 2.14. The van der Waals surface area contributed by atoms with E-state index in [1.54, 1.807) is 12.1 Å². The molecule has 0 bridgehead atoms. The molecule has 7 nitrogen and oxygen atoms in total. The summed E-state index contributed by atoms with van der Waals surface area (Å²) in [5.41, 5.74) is 1.03. The van der Waals surface area contributed by atoms with Gasteiger partial charge < -0.3 is 4.74 Å². The van der Waals surface area contributed by atoms with E-state index >= 15 is 0 Å². The fourth-order valence-electron chi connectivity index (χ4n) is 3.47. The van der Waals surface area contributed by atoms with Crippen LogP contribution in [0.1, 0.15) is 107 Å². The molecule has 0 fully saturated rings. The average molecular weight is 416 g/mol. The lowest BCUT2D eigenvalue weighted by Gasteiger charge is -2.05. The van der Waals surface area contributed by atoms with Gasteiger partial charge in [0.15, 0.2) is 5.82 Å². The summed E-state index contributed by atoms with van der Waals surface area (Å²) in [6.07, 6.45) is 19.9. The predicted octanol–water partition coefficient (Wildman–Crippen LogP) is 5.90. The molecular weight excluding hydrogens is 378 g/mol. The van der Waals surface area contributed by atoms with Crippen LogP contribution < -0.4 is 0 Å². The molecule has 0 saturated carbocycles. The molecule has 0 aliphatic carbocycles. The van der Waals surface area contributed by atoms with Gasteiger partial charge in [-0.15, -0.1) is 5.10 Å². The van der Waals surface area contributed by atoms with E-state index in [1.165, 1.54) is 83.2 Å². The number of esters is 1. The molecule has 2 rings (SSSR count). The average Bonchev–Trinajstić information content (AvgIpc) is 3.31. The first-order valence-electron chi connectivity index (χ1n) is 11.7. The number of aromatic amines is 1. The molecule has 0 aliphatic rings. The lowest BCUT2D eigenvalue weighted by Crippen LogP contribution is -2.07. The summed E-state index contributed by atoms with van der Waals surface area (Å²) in [6, 6.07) is 3.38. The molecule has 7 heteroatoms. The number of unbranched alkanes of at least 4 members (excludes halogenated alkanes) is 13. The van der Waals surface area contributed by atoms with Crippen LogP contribution in [-0.2, 0) is 4.74 Å². The number of carbonyl (C=O) groups excluding carboxylic acids is 1. The number of hydrogen-bond donors (Lipinski definition) is 1. The van der Waals surface area contributed by atoms with Crippen LogP contribution in [0.2, 0.25) is 0 Å². The minimum Gasteiger partial charge on any atom is -0.462 e. The molecule has 0 spiro atoms. The molecule has 0 aromatic carbocycles. The lowest BCUT2D eigenvalue weighted by molar-refractivity contribution is 0.0497. The van der Waals surface area contributed by atoms with Gasteiger partial charge in [0.05, 0.1) is 12.2 Å². The third kappa shape index (κ3) is 9.94. The highest BCUT2D eigenvalue weighted by molar-refractivity contribution is 5.89. The Morgan fingerprint density at radius 3 is 1.97 bits per heavy atom. The molecule has 0 amide bonds. The maximum absolute atomic E-state index is 12.1. The second kappa shape index (κ2) is 15.5. The van der Waals surface area contributed by atoms with Crippen LogP contribution in [0.5, 0.6) is 0 Å². The number of hydrogen-bond acceptors (Lipinski definition) is 6. The van der Waals surface area contributed by atoms with Crippen LogP contribution in [0.3, 0.4) is 0 Å². The normalized spacial score (nSPS) is 11.0. The van der Waals surface area contributed by atoms with Crippen LogP contribution in [0.25, 0.3) is 11.5 Å². The van der Waals surface area contributed by atoms with Gasteiger partial charge in [-0.05, 0) is 29.0 Å². The first-order valence-corrected chi connectivity index (χ1v) is 11.7. The molecule has 0 aliphatic heterocycles. The molecule has 0 unspecified atom stereocenters. The zero-order chi connectivity index (χ0) is 21.3. The molecular formula is C23H37N5O2. The summed E-state index contributed by atoms with van der Waals surface area (Å²) >= 11 is 0. The van der Waals surface area contributed by atoms with Crippen molar-refractivity contribution < 1.29 is 9.53 Å². The van der Waals surface area contributed by atoms with Gasteiger partial charge in [0.25, 0.3) is 0 Å². The van der Waals surface area contributed by atoms with E-state index in [0.29, 0.717) is 23.7 Å². The Labute approximate surface area is 180 Å². The quantitative estimate of drug-likeness (QED) is 0.255. The summed E-state index contributed by atoms with van der Waals surface area (Å²) in [5, 5.41) is 13.4. The van der Waals surface area contributed by atoms with Crippen molar-refractivity contribution >= 4 is 5.97 Å². The van der Waals surface area contributed by atoms with Crippen molar-refractivity contribution in [1.82, 2.24) is 25.6 Å². The van der Waals surface area contributed by atoms with Gasteiger partial charge in [-0.25, -0.2) is 9.89 Å². The molecule has 2 aromatic heterocycles. The van der Waals surface area contributed by atoms with Crippen molar-refractivity contribution in [2.75, 3.05) is 6.61 Å². The van der Waals surface area contributed by atoms with Crippen molar-refractivity contribution in [3.05, 3.63) is 23.9 Å². The second-order valence-corrected chi connectivity index (χ2v) is 7.91. The van der Waals surface area contributed by atoms with E-state index < -0.39 is 0 Å². The highest BCUT2D eigenvalue weighted by Gasteiger charge is 2.09. The monoisotopic (exact) mass is 415 g/mol. The van der Waals surface area contributed by atoms with Crippen molar-refractivity contribution in [2.24, 2.45) is 0 Å². The van der Waals surface area contributed by atoms with Gasteiger partial charge >= 0.3 is 5.97 Å². The summed E-state index contributed by atoms with van der Waals surface area (Å²) in [6.45, 7) is 2.73. The van der Waals surface area contributed by atoms with Gasteiger partial charge in [0, 0.05) is 6.20 Å². The third-order valence-corrected chi connectivity index (χ3v) is 5.32. The highest BCUT2D eigenvalue weighted by atomic mass is 16.5. The summed E-state index contributed by atoms with van der Waals surface area (Å²) < 4.78 is 5.34. The molecule has 2 aromatic rings. The number of aromatic nitrogens is 5. The number of nitrogens with one attached hydrogen (secondary N) is 1. The number of ether oxygens (including phenoxy) is 1. The summed E-state index contributed by atoms with van der Waals surface area (Å²) in [5.74, 6) is 0.136. The Balaban J connectivity index is 1.40. The molecule has 1 N–H and O–H groups in total. The first kappa shape index (κ1) is 24.0. The largest absolute Gasteiger partial charge is 0.462 e. The van der Waals surface area contributed by atoms with E-state index in [0.717, 1.165) is 12.8 Å². The van der Waals surface area contributed by atoms with Gasteiger partial charge in [-0.1, -0.05) is 90.4 Å². The van der Waals surface area contributed by atoms with E-state index in [2.05, 4.69) is 32.5 Å². The van der Waals surface area contributed by atoms with E-state index in [1.807, 2.05) is 0 Å². The number of rotatable bonds is 17. The molecule has 2 heterocycles. The molecule has 166 valence electrons. The second-order valence-electron chi connectivity index (χ2n) is 7.91. The fourth-order valence-corrected chi connectivity index (χ4v) is 3.47. The van der Waals surface area contributed by atoms with E-state index in [4.69, 9.17) is 4.74 Å². The van der Waals surface area contributed by atoms with Crippen molar-refractivity contribution in [3.63, 3.8) is 0 Å². The van der Waals surface area contributed by atoms with E-state index in [-0.39, 0.29) is 5.97 Å². The number of nitrogens with zero attached hydrogens (tertiary/aromatic N) is 4. The van der Waals surface area contributed by atoms with Crippen LogP contribution in [0.4, 0.5) is 0 Å². The SMILES string of the molecule is CCCCCCCCCCCCCCCCOC(=O)c1ccc(-c2nnn[nH]2)nc1.